The molecule has 1 aliphatic carbocycles. The Kier molecular flexibility index (Phi) is 3.04. The molecule has 0 aliphatic heterocycles. The van der Waals surface area contributed by atoms with E-state index in [0.29, 0.717) is 6.04 Å². The SMILES string of the molecule is CCCCn1ncc(NC2CC2)cc1=O. The highest BCUT2D eigenvalue weighted by Crippen LogP contribution is 2.23. The Morgan fingerprint density at radius 1 is 1.60 bits per heavy atom. The summed E-state index contributed by atoms with van der Waals surface area (Å²) < 4.78 is 1.53. The zero-order valence-corrected chi connectivity index (χ0v) is 9.07. The van der Waals surface area contributed by atoms with Crippen LogP contribution in [-0.4, -0.2) is 15.8 Å². The van der Waals surface area contributed by atoms with Gasteiger partial charge < -0.3 is 5.32 Å². The van der Waals surface area contributed by atoms with Crippen molar-refractivity contribution in [3.63, 3.8) is 0 Å². The molecular formula is C11H17N3O. The van der Waals surface area contributed by atoms with Crippen LogP contribution in [0.4, 0.5) is 5.69 Å². The Balaban J connectivity index is 2.04. The molecule has 0 saturated heterocycles. The third-order valence-electron chi connectivity index (χ3n) is 2.54. The molecule has 0 spiro atoms. The Labute approximate surface area is 89.3 Å². The van der Waals surface area contributed by atoms with E-state index in [9.17, 15) is 4.79 Å². The molecule has 82 valence electrons. The third-order valence-corrected chi connectivity index (χ3v) is 2.54. The van der Waals surface area contributed by atoms with Gasteiger partial charge in [0.05, 0.1) is 11.9 Å². The normalized spacial score (nSPS) is 15.3. The number of aromatic nitrogens is 2. The summed E-state index contributed by atoms with van der Waals surface area (Å²) in [5.74, 6) is 0. The number of rotatable bonds is 5. The lowest BCUT2D eigenvalue weighted by Crippen LogP contribution is -2.22. The van der Waals surface area contributed by atoms with E-state index >= 15 is 0 Å². The van der Waals surface area contributed by atoms with Crippen molar-refractivity contribution in [2.24, 2.45) is 0 Å². The molecule has 0 bridgehead atoms. The molecule has 15 heavy (non-hydrogen) atoms. The first-order chi connectivity index (χ1) is 7.29. The molecule has 0 aromatic carbocycles. The molecule has 1 saturated carbocycles. The lowest BCUT2D eigenvalue weighted by atomic mass is 10.3. The molecule has 4 nitrogen and oxygen atoms in total. The van der Waals surface area contributed by atoms with Crippen LogP contribution in [0.1, 0.15) is 32.6 Å². The minimum atomic E-state index is -0.00546. The highest BCUT2D eigenvalue weighted by atomic mass is 16.1. The number of unbranched alkanes of at least 4 members (excludes halogenated alkanes) is 1. The zero-order valence-electron chi connectivity index (χ0n) is 9.07. The number of anilines is 1. The standard InChI is InChI=1S/C11H17N3O/c1-2-3-6-14-11(15)7-10(8-12-14)13-9-4-5-9/h7-9,13H,2-6H2,1H3. The molecule has 1 aliphatic rings. The van der Waals surface area contributed by atoms with E-state index in [2.05, 4.69) is 17.3 Å². The van der Waals surface area contributed by atoms with Crippen LogP contribution in [0.15, 0.2) is 17.1 Å². The number of aryl methyl sites for hydroxylation is 1. The van der Waals surface area contributed by atoms with Crippen molar-refractivity contribution >= 4 is 5.69 Å². The smallest absolute Gasteiger partial charge is 0.268 e. The topological polar surface area (TPSA) is 46.9 Å². The van der Waals surface area contributed by atoms with Gasteiger partial charge in [0.15, 0.2) is 0 Å². The fourth-order valence-electron chi connectivity index (χ4n) is 1.45. The van der Waals surface area contributed by atoms with E-state index in [1.165, 1.54) is 17.5 Å². The quantitative estimate of drug-likeness (QED) is 0.798. The predicted octanol–water partition coefficient (Wildman–Crippen LogP) is 1.62. The van der Waals surface area contributed by atoms with Crippen LogP contribution in [-0.2, 0) is 6.54 Å². The number of nitrogens with one attached hydrogen (secondary N) is 1. The number of nitrogens with zero attached hydrogens (tertiary/aromatic N) is 2. The largest absolute Gasteiger partial charge is 0.381 e. The summed E-state index contributed by atoms with van der Waals surface area (Å²) in [7, 11) is 0. The van der Waals surface area contributed by atoms with E-state index in [-0.39, 0.29) is 5.56 Å². The summed E-state index contributed by atoms with van der Waals surface area (Å²) in [6.07, 6.45) is 6.24. The number of hydrogen-bond donors (Lipinski definition) is 1. The van der Waals surface area contributed by atoms with Crippen LogP contribution in [0.25, 0.3) is 0 Å². The maximum Gasteiger partial charge on any atom is 0.268 e. The minimum absolute atomic E-state index is 0.00546. The van der Waals surface area contributed by atoms with Gasteiger partial charge in [-0.3, -0.25) is 4.79 Å². The van der Waals surface area contributed by atoms with Gasteiger partial charge in [-0.15, -0.1) is 0 Å². The van der Waals surface area contributed by atoms with E-state index < -0.39 is 0 Å². The van der Waals surface area contributed by atoms with Crippen molar-refractivity contribution in [1.29, 1.82) is 0 Å². The van der Waals surface area contributed by atoms with Gasteiger partial charge in [-0.1, -0.05) is 13.3 Å². The van der Waals surface area contributed by atoms with Gasteiger partial charge in [0, 0.05) is 18.7 Å². The van der Waals surface area contributed by atoms with E-state index in [4.69, 9.17) is 0 Å². The van der Waals surface area contributed by atoms with Gasteiger partial charge in [0.1, 0.15) is 0 Å². The maximum absolute atomic E-state index is 11.6. The molecule has 0 radical (unpaired) electrons. The van der Waals surface area contributed by atoms with Crippen LogP contribution in [0.5, 0.6) is 0 Å². The van der Waals surface area contributed by atoms with Gasteiger partial charge in [0.2, 0.25) is 0 Å². The second kappa shape index (κ2) is 4.47. The molecule has 0 amide bonds. The highest BCUT2D eigenvalue weighted by Gasteiger charge is 2.20. The maximum atomic E-state index is 11.6. The van der Waals surface area contributed by atoms with Crippen LogP contribution in [0.3, 0.4) is 0 Å². The Hall–Kier alpha value is -1.32. The van der Waals surface area contributed by atoms with Crippen LogP contribution in [0, 0.1) is 0 Å². The Morgan fingerprint density at radius 2 is 2.40 bits per heavy atom. The summed E-state index contributed by atoms with van der Waals surface area (Å²) in [5.41, 5.74) is 0.851. The molecule has 0 unspecified atom stereocenters. The fourth-order valence-corrected chi connectivity index (χ4v) is 1.45. The van der Waals surface area contributed by atoms with Crippen molar-refractivity contribution in [3.05, 3.63) is 22.6 Å². The monoisotopic (exact) mass is 207 g/mol. The molecule has 1 fully saturated rings. The van der Waals surface area contributed by atoms with Gasteiger partial charge in [-0.2, -0.15) is 5.10 Å². The second-order valence-corrected chi connectivity index (χ2v) is 4.08. The average molecular weight is 207 g/mol. The second-order valence-electron chi connectivity index (χ2n) is 4.08. The molecule has 1 aromatic rings. The van der Waals surface area contributed by atoms with E-state index in [0.717, 1.165) is 25.1 Å². The van der Waals surface area contributed by atoms with Crippen LogP contribution < -0.4 is 10.9 Å². The summed E-state index contributed by atoms with van der Waals surface area (Å²) in [6, 6.07) is 2.21. The van der Waals surface area contributed by atoms with Crippen LogP contribution >= 0.6 is 0 Å². The molecule has 4 heteroatoms. The summed E-state index contributed by atoms with van der Waals surface area (Å²) in [5, 5.41) is 7.40. The van der Waals surface area contributed by atoms with Crippen molar-refractivity contribution in [2.45, 2.75) is 45.2 Å². The van der Waals surface area contributed by atoms with Gasteiger partial charge >= 0.3 is 0 Å². The van der Waals surface area contributed by atoms with Crippen molar-refractivity contribution < 1.29 is 0 Å². The van der Waals surface area contributed by atoms with E-state index in [1.54, 1.807) is 12.3 Å². The Bertz CT molecular complexity index is 382. The summed E-state index contributed by atoms with van der Waals surface area (Å²) in [6.45, 7) is 2.83. The third kappa shape index (κ3) is 2.81. The summed E-state index contributed by atoms with van der Waals surface area (Å²) in [4.78, 5) is 11.6. The molecule has 0 atom stereocenters. The lowest BCUT2D eigenvalue weighted by molar-refractivity contribution is 0.543. The van der Waals surface area contributed by atoms with E-state index in [1.807, 2.05) is 0 Å². The predicted molar refractivity (Wildman–Crippen MR) is 60.0 cm³/mol. The first-order valence-electron chi connectivity index (χ1n) is 5.63. The van der Waals surface area contributed by atoms with Crippen molar-refractivity contribution in [3.8, 4) is 0 Å². The lowest BCUT2D eigenvalue weighted by Gasteiger charge is -2.06. The molecule has 1 heterocycles. The zero-order chi connectivity index (χ0) is 10.7. The molecule has 2 rings (SSSR count). The van der Waals surface area contributed by atoms with Crippen molar-refractivity contribution in [2.75, 3.05) is 5.32 Å². The Morgan fingerprint density at radius 3 is 3.00 bits per heavy atom. The molecular weight excluding hydrogens is 190 g/mol. The first-order valence-corrected chi connectivity index (χ1v) is 5.63. The fraction of sp³-hybridized carbons (Fsp3) is 0.636. The van der Waals surface area contributed by atoms with Gasteiger partial charge in [-0.05, 0) is 19.3 Å². The first kappa shape index (κ1) is 10.2. The number of hydrogen-bond acceptors (Lipinski definition) is 3. The summed E-state index contributed by atoms with van der Waals surface area (Å²) >= 11 is 0. The van der Waals surface area contributed by atoms with Crippen LogP contribution in [0.2, 0.25) is 0 Å². The van der Waals surface area contributed by atoms with Gasteiger partial charge in [0.25, 0.3) is 5.56 Å². The molecule has 1 aromatic heterocycles. The highest BCUT2D eigenvalue weighted by molar-refractivity contribution is 5.41. The van der Waals surface area contributed by atoms with Gasteiger partial charge in [-0.25, -0.2) is 4.68 Å². The molecule has 1 N–H and O–H groups in total. The van der Waals surface area contributed by atoms with Crippen molar-refractivity contribution in [1.82, 2.24) is 9.78 Å². The average Bonchev–Trinajstić information content (AvgIpc) is 3.01. The minimum Gasteiger partial charge on any atom is -0.381 e.